The van der Waals surface area contributed by atoms with E-state index in [4.69, 9.17) is 4.74 Å². The van der Waals surface area contributed by atoms with E-state index in [1.54, 1.807) is 18.3 Å². The smallest absolute Gasteiger partial charge is 0.387 e. The predicted octanol–water partition coefficient (Wildman–Crippen LogP) is 4.37. The molecule has 1 amide bonds. The van der Waals surface area contributed by atoms with Crippen LogP contribution in [-0.4, -0.2) is 46.8 Å². The van der Waals surface area contributed by atoms with Crippen molar-refractivity contribution in [2.24, 2.45) is 0 Å². The first kappa shape index (κ1) is 23.3. The molecule has 2 atom stereocenters. The first-order valence-electron chi connectivity index (χ1n) is 11.2. The van der Waals surface area contributed by atoms with Crippen LogP contribution in [0.5, 0.6) is 0 Å². The molecule has 5 rings (SSSR count). The number of anilines is 2. The average molecular weight is 484 g/mol. The monoisotopic (exact) mass is 484 g/mol. The highest BCUT2D eigenvalue weighted by molar-refractivity contribution is 6.04. The summed E-state index contributed by atoms with van der Waals surface area (Å²) in [5.74, 6) is -0.693. The van der Waals surface area contributed by atoms with E-state index < -0.39 is 23.8 Å². The number of rotatable bonds is 3. The second-order valence-corrected chi connectivity index (χ2v) is 8.75. The first-order chi connectivity index (χ1) is 16.7. The lowest BCUT2D eigenvalue weighted by Gasteiger charge is -2.43. The summed E-state index contributed by atoms with van der Waals surface area (Å²) in [4.78, 5) is 22.9. The van der Waals surface area contributed by atoms with Gasteiger partial charge in [-0.3, -0.25) is 14.8 Å². The molecule has 35 heavy (non-hydrogen) atoms. The first-order valence-corrected chi connectivity index (χ1v) is 11.2. The van der Waals surface area contributed by atoms with Gasteiger partial charge in [0.05, 0.1) is 41.8 Å². The van der Waals surface area contributed by atoms with Crippen LogP contribution in [0, 0.1) is 6.92 Å². The molecule has 182 valence electrons. The molecule has 7 nitrogen and oxygen atoms in total. The third-order valence-corrected chi connectivity index (χ3v) is 6.38. The van der Waals surface area contributed by atoms with Gasteiger partial charge in [-0.1, -0.05) is 6.07 Å². The highest BCUT2D eigenvalue weighted by Crippen LogP contribution is 2.39. The number of fused-ring (bicyclic) bond motifs is 3. The Bertz CT molecular complexity index is 1280. The van der Waals surface area contributed by atoms with Crippen molar-refractivity contribution < 1.29 is 27.8 Å². The van der Waals surface area contributed by atoms with E-state index in [0.29, 0.717) is 43.8 Å². The van der Waals surface area contributed by atoms with Gasteiger partial charge in [-0.05, 0) is 42.3 Å². The van der Waals surface area contributed by atoms with Gasteiger partial charge in [-0.25, -0.2) is 0 Å². The Labute approximate surface area is 199 Å². The molecule has 0 aliphatic carbocycles. The van der Waals surface area contributed by atoms with E-state index in [9.17, 15) is 23.1 Å². The number of aromatic nitrogens is 2. The fraction of sp³-hybridized carbons (Fsp3) is 0.320. The summed E-state index contributed by atoms with van der Waals surface area (Å²) < 4.78 is 44.5. The SMILES string of the molecule is Cc1ccc(NC(=O)c2cncc(C(F)(F)F)c2)cc1-c1cnc2c(c1)N1CCOCC1CC2O. The summed E-state index contributed by atoms with van der Waals surface area (Å²) in [7, 11) is 0. The maximum absolute atomic E-state index is 13.0. The van der Waals surface area contributed by atoms with Gasteiger partial charge in [-0.15, -0.1) is 0 Å². The number of amides is 1. The molecule has 0 bridgehead atoms. The lowest BCUT2D eigenvalue weighted by atomic mass is 9.94. The molecule has 2 aromatic heterocycles. The quantitative estimate of drug-likeness (QED) is 0.574. The number of aryl methyl sites for hydroxylation is 1. The van der Waals surface area contributed by atoms with Crippen molar-refractivity contribution in [3.05, 3.63) is 71.3 Å². The average Bonchev–Trinajstić information content (AvgIpc) is 2.84. The molecule has 2 aliphatic heterocycles. The highest BCUT2D eigenvalue weighted by Gasteiger charge is 2.35. The Kier molecular flexibility index (Phi) is 5.94. The molecule has 3 aromatic rings. The van der Waals surface area contributed by atoms with Crippen LogP contribution in [-0.2, 0) is 10.9 Å². The lowest BCUT2D eigenvalue weighted by molar-refractivity contribution is -0.137. The fourth-order valence-corrected chi connectivity index (χ4v) is 4.57. The molecule has 0 saturated carbocycles. The minimum Gasteiger partial charge on any atom is -0.387 e. The summed E-state index contributed by atoms with van der Waals surface area (Å²) in [6, 6.07) is 8.10. The van der Waals surface area contributed by atoms with Gasteiger partial charge >= 0.3 is 6.18 Å². The van der Waals surface area contributed by atoms with Crippen LogP contribution >= 0.6 is 0 Å². The number of pyridine rings is 2. The minimum absolute atomic E-state index is 0.0797. The van der Waals surface area contributed by atoms with Crippen LogP contribution in [0.3, 0.4) is 0 Å². The number of alkyl halides is 3. The zero-order valence-corrected chi connectivity index (χ0v) is 18.8. The van der Waals surface area contributed by atoms with Gasteiger partial charge in [0.25, 0.3) is 5.91 Å². The van der Waals surface area contributed by atoms with Gasteiger partial charge in [0.15, 0.2) is 0 Å². The Morgan fingerprint density at radius 1 is 1.20 bits per heavy atom. The number of nitrogens with zero attached hydrogens (tertiary/aromatic N) is 3. The van der Waals surface area contributed by atoms with Crippen LogP contribution in [0.4, 0.5) is 24.5 Å². The maximum Gasteiger partial charge on any atom is 0.417 e. The number of nitrogens with one attached hydrogen (secondary N) is 1. The van der Waals surface area contributed by atoms with Gasteiger partial charge < -0.3 is 20.1 Å². The van der Waals surface area contributed by atoms with E-state index in [-0.39, 0.29) is 11.6 Å². The molecule has 0 spiro atoms. The molecular formula is C25H23F3N4O3. The third-order valence-electron chi connectivity index (χ3n) is 6.38. The standard InChI is InChI=1S/C25H23F3N4O3/c1-14-2-3-18(31-24(34)16-6-17(12-29-10-16)25(26,27)28)8-20(14)15-7-21-23(30-11-15)22(33)9-19-13-35-5-4-32(19)21/h2-3,6-8,10-12,19,22,33H,4-5,9,13H2,1H3,(H,31,34). The molecule has 2 N–H and O–H groups in total. The number of ether oxygens (including phenoxy) is 1. The summed E-state index contributed by atoms with van der Waals surface area (Å²) in [5.41, 5.74) is 3.28. The van der Waals surface area contributed by atoms with Gasteiger partial charge in [0, 0.05) is 42.8 Å². The molecule has 2 aliphatic rings. The van der Waals surface area contributed by atoms with E-state index in [0.717, 1.165) is 34.6 Å². The van der Waals surface area contributed by atoms with Crippen LogP contribution < -0.4 is 10.2 Å². The van der Waals surface area contributed by atoms with Crippen LogP contribution in [0.1, 0.15) is 39.7 Å². The second-order valence-electron chi connectivity index (χ2n) is 8.75. The highest BCUT2D eigenvalue weighted by atomic mass is 19.4. The summed E-state index contributed by atoms with van der Waals surface area (Å²) in [6.07, 6.45) is -1.24. The van der Waals surface area contributed by atoms with Gasteiger partial charge in [-0.2, -0.15) is 13.2 Å². The Hall–Kier alpha value is -3.50. The van der Waals surface area contributed by atoms with Crippen LogP contribution in [0.2, 0.25) is 0 Å². The number of carbonyl (C=O) groups excluding carboxylic acids is 1. The van der Waals surface area contributed by atoms with E-state index in [1.807, 2.05) is 19.1 Å². The number of aliphatic hydroxyl groups excluding tert-OH is 1. The summed E-state index contributed by atoms with van der Waals surface area (Å²) >= 11 is 0. The Morgan fingerprint density at radius 3 is 2.83 bits per heavy atom. The van der Waals surface area contributed by atoms with Gasteiger partial charge in [0.2, 0.25) is 0 Å². The molecule has 4 heterocycles. The van der Waals surface area contributed by atoms with E-state index >= 15 is 0 Å². The Balaban J connectivity index is 1.44. The second kappa shape index (κ2) is 8.94. The van der Waals surface area contributed by atoms with Gasteiger partial charge in [0.1, 0.15) is 6.10 Å². The maximum atomic E-state index is 13.0. The predicted molar refractivity (Wildman–Crippen MR) is 123 cm³/mol. The topological polar surface area (TPSA) is 87.6 Å². The van der Waals surface area contributed by atoms with Crippen molar-refractivity contribution in [3.8, 4) is 11.1 Å². The molecule has 10 heteroatoms. The Morgan fingerprint density at radius 2 is 2.03 bits per heavy atom. The summed E-state index contributed by atoms with van der Waals surface area (Å²) in [5, 5.41) is 13.2. The van der Waals surface area contributed by atoms with Crippen LogP contribution in [0.15, 0.2) is 48.9 Å². The zero-order chi connectivity index (χ0) is 24.7. The molecule has 1 aromatic carbocycles. The molecule has 1 saturated heterocycles. The molecular weight excluding hydrogens is 461 g/mol. The normalized spacial score (nSPS) is 19.6. The van der Waals surface area contributed by atoms with Crippen molar-refractivity contribution in [1.82, 2.24) is 9.97 Å². The number of hydrogen-bond donors (Lipinski definition) is 2. The number of aliphatic hydroxyl groups is 1. The number of carbonyl (C=O) groups is 1. The van der Waals surface area contributed by atoms with E-state index in [2.05, 4.69) is 20.2 Å². The minimum atomic E-state index is -4.59. The zero-order valence-electron chi connectivity index (χ0n) is 18.8. The molecule has 1 fully saturated rings. The number of benzene rings is 1. The third kappa shape index (κ3) is 4.59. The van der Waals surface area contributed by atoms with Crippen molar-refractivity contribution in [3.63, 3.8) is 0 Å². The van der Waals surface area contributed by atoms with Crippen LogP contribution in [0.25, 0.3) is 11.1 Å². The molecule has 0 radical (unpaired) electrons. The molecule has 2 unspecified atom stereocenters. The lowest BCUT2D eigenvalue weighted by Crippen LogP contribution is -2.49. The largest absolute Gasteiger partial charge is 0.417 e. The summed E-state index contributed by atoms with van der Waals surface area (Å²) in [6.45, 7) is 3.77. The van der Waals surface area contributed by atoms with E-state index in [1.165, 1.54) is 0 Å². The number of hydrogen-bond acceptors (Lipinski definition) is 6. The van der Waals surface area contributed by atoms with Crippen molar-refractivity contribution in [2.45, 2.75) is 31.7 Å². The number of morpholine rings is 1. The van der Waals surface area contributed by atoms with Crippen molar-refractivity contribution in [2.75, 3.05) is 30.0 Å². The van der Waals surface area contributed by atoms with Crippen molar-refractivity contribution >= 4 is 17.3 Å². The van der Waals surface area contributed by atoms with Crippen molar-refractivity contribution in [1.29, 1.82) is 0 Å². The fourth-order valence-electron chi connectivity index (χ4n) is 4.57. The number of halogens is 3.